The fraction of sp³-hybridized carbons (Fsp3) is 1.00. The Morgan fingerprint density at radius 3 is 1.63 bits per heavy atom. The zero-order chi connectivity index (χ0) is 15.3. The van der Waals surface area contributed by atoms with Crippen molar-refractivity contribution in [2.24, 2.45) is 16.7 Å². The summed E-state index contributed by atoms with van der Waals surface area (Å²) in [4.78, 5) is 0. The van der Waals surface area contributed by atoms with Gasteiger partial charge in [0, 0.05) is 0 Å². The zero-order valence-electron chi connectivity index (χ0n) is 15.3. The van der Waals surface area contributed by atoms with Crippen molar-refractivity contribution in [3.8, 4) is 0 Å². The Balaban J connectivity index is 4.19. The van der Waals surface area contributed by atoms with E-state index in [0.29, 0.717) is 10.8 Å². The molecule has 0 aliphatic rings. The Morgan fingerprint density at radius 1 is 0.789 bits per heavy atom. The van der Waals surface area contributed by atoms with Crippen LogP contribution in [0.1, 0.15) is 73.6 Å². The second-order valence-electron chi connectivity index (χ2n) is 9.67. The predicted octanol–water partition coefficient (Wildman–Crippen LogP) is 5.35. The fourth-order valence-electron chi connectivity index (χ4n) is 2.70. The number of nitrogens with zero attached hydrogens (tertiary/aromatic N) is 1. The van der Waals surface area contributed by atoms with Gasteiger partial charge in [-0.1, -0.05) is 48.0 Å². The Bertz CT molecular complexity index is 214. The highest BCUT2D eigenvalue weighted by Gasteiger charge is 2.25. The van der Waals surface area contributed by atoms with Crippen LogP contribution < -0.4 is 0 Å². The largest absolute Gasteiger partial charge is 0.331 e. The third kappa shape index (κ3) is 11.5. The lowest BCUT2D eigenvalue weighted by atomic mass is 9.74. The van der Waals surface area contributed by atoms with Crippen molar-refractivity contribution in [1.82, 2.24) is 0 Å². The molecule has 0 saturated carbocycles. The third-order valence-corrected chi connectivity index (χ3v) is 4.09. The van der Waals surface area contributed by atoms with Crippen molar-refractivity contribution in [1.29, 1.82) is 0 Å². The van der Waals surface area contributed by atoms with Crippen LogP contribution in [-0.2, 0) is 0 Å². The molecule has 1 nitrogen and oxygen atoms in total. The van der Waals surface area contributed by atoms with Crippen molar-refractivity contribution in [3.05, 3.63) is 0 Å². The number of hydrogen-bond acceptors (Lipinski definition) is 0. The van der Waals surface area contributed by atoms with Crippen molar-refractivity contribution < 1.29 is 4.48 Å². The Kier molecular flexibility index (Phi) is 7.09. The Labute approximate surface area is 123 Å². The van der Waals surface area contributed by atoms with E-state index in [1.165, 1.54) is 38.6 Å². The quantitative estimate of drug-likeness (QED) is 0.547. The molecule has 0 fully saturated rings. The topological polar surface area (TPSA) is 0 Å². The van der Waals surface area contributed by atoms with E-state index in [-0.39, 0.29) is 0 Å². The van der Waals surface area contributed by atoms with E-state index in [4.69, 9.17) is 0 Å². The van der Waals surface area contributed by atoms with Crippen LogP contribution in [0.3, 0.4) is 0 Å². The minimum absolute atomic E-state index is 0.461. The highest BCUT2D eigenvalue weighted by atomic mass is 15.3. The number of rotatable bonds is 7. The number of quaternary nitrogens is 1. The summed E-state index contributed by atoms with van der Waals surface area (Å²) < 4.78 is 1.10. The van der Waals surface area contributed by atoms with E-state index in [9.17, 15) is 0 Å². The predicted molar refractivity (Wildman–Crippen MR) is 88.4 cm³/mol. The van der Waals surface area contributed by atoms with Gasteiger partial charge in [-0.25, -0.2) is 0 Å². The van der Waals surface area contributed by atoms with Crippen LogP contribution in [0.25, 0.3) is 0 Å². The lowest BCUT2D eigenvalue weighted by molar-refractivity contribution is -0.870. The molecule has 1 heteroatoms. The Morgan fingerprint density at radius 2 is 1.26 bits per heavy atom. The van der Waals surface area contributed by atoms with Crippen LogP contribution in [0.15, 0.2) is 0 Å². The lowest BCUT2D eigenvalue weighted by Gasteiger charge is -2.33. The van der Waals surface area contributed by atoms with Crippen molar-refractivity contribution in [2.45, 2.75) is 73.6 Å². The van der Waals surface area contributed by atoms with Gasteiger partial charge in [0.25, 0.3) is 0 Å². The standard InChI is InChI=1S/C18H40N/c1-17(2,3)14-10-12-16(18(4,5)6)13-11-15-19(7,8)9/h16H,10-15H2,1-9H3/q+1. The maximum atomic E-state index is 2.42. The molecule has 116 valence electrons. The average Bonchev–Trinajstić information content (AvgIpc) is 2.09. The molecule has 0 aliphatic heterocycles. The van der Waals surface area contributed by atoms with Gasteiger partial charge in [-0.15, -0.1) is 0 Å². The molecule has 0 aromatic heterocycles. The smallest absolute Gasteiger partial charge is 0.0780 e. The molecule has 1 atom stereocenters. The van der Waals surface area contributed by atoms with Gasteiger partial charge >= 0.3 is 0 Å². The average molecular weight is 271 g/mol. The molecule has 1 unspecified atom stereocenters. The molecule has 19 heavy (non-hydrogen) atoms. The Hall–Kier alpha value is -0.0400. The molecule has 0 heterocycles. The van der Waals surface area contributed by atoms with Gasteiger partial charge in [-0.2, -0.15) is 0 Å². The van der Waals surface area contributed by atoms with Gasteiger partial charge < -0.3 is 4.48 Å². The summed E-state index contributed by atoms with van der Waals surface area (Å²) in [5.41, 5.74) is 0.952. The molecule has 0 spiro atoms. The molecule has 0 rings (SSSR count). The second kappa shape index (κ2) is 7.11. The molecule has 0 radical (unpaired) electrons. The minimum Gasteiger partial charge on any atom is -0.331 e. The molecular formula is C18H40N+. The normalized spacial score (nSPS) is 15.6. The highest BCUT2D eigenvalue weighted by Crippen LogP contribution is 2.35. The molecular weight excluding hydrogens is 230 g/mol. The van der Waals surface area contributed by atoms with E-state index in [1.54, 1.807) is 0 Å². The van der Waals surface area contributed by atoms with E-state index in [0.717, 1.165) is 10.4 Å². The van der Waals surface area contributed by atoms with E-state index in [2.05, 4.69) is 62.7 Å². The van der Waals surface area contributed by atoms with Crippen molar-refractivity contribution in [3.63, 3.8) is 0 Å². The second-order valence-corrected chi connectivity index (χ2v) is 9.67. The first-order valence-corrected chi connectivity index (χ1v) is 8.12. The van der Waals surface area contributed by atoms with Gasteiger partial charge in [0.05, 0.1) is 27.7 Å². The van der Waals surface area contributed by atoms with Crippen LogP contribution in [0, 0.1) is 16.7 Å². The summed E-state index contributed by atoms with van der Waals surface area (Å²) in [6.45, 7) is 15.6. The number of hydrogen-bond donors (Lipinski definition) is 0. The van der Waals surface area contributed by atoms with Crippen LogP contribution in [0.2, 0.25) is 0 Å². The van der Waals surface area contributed by atoms with Crippen LogP contribution in [-0.4, -0.2) is 32.2 Å². The van der Waals surface area contributed by atoms with Crippen molar-refractivity contribution in [2.75, 3.05) is 27.7 Å². The highest BCUT2D eigenvalue weighted by molar-refractivity contribution is 4.75. The van der Waals surface area contributed by atoms with Crippen LogP contribution in [0.5, 0.6) is 0 Å². The molecule has 0 bridgehead atoms. The molecule has 0 aromatic carbocycles. The van der Waals surface area contributed by atoms with E-state index in [1.807, 2.05) is 0 Å². The molecule has 0 N–H and O–H groups in total. The maximum absolute atomic E-state index is 2.42. The monoisotopic (exact) mass is 270 g/mol. The molecule has 0 amide bonds. The summed E-state index contributed by atoms with van der Waals surface area (Å²) in [6, 6.07) is 0. The first-order valence-electron chi connectivity index (χ1n) is 8.12. The summed E-state index contributed by atoms with van der Waals surface area (Å²) >= 11 is 0. The van der Waals surface area contributed by atoms with Crippen LogP contribution in [0.4, 0.5) is 0 Å². The molecule has 0 saturated heterocycles. The molecule has 0 aromatic rings. The van der Waals surface area contributed by atoms with E-state index >= 15 is 0 Å². The SMILES string of the molecule is CC(C)(C)CCCC(CCC[N+](C)(C)C)C(C)(C)C. The van der Waals surface area contributed by atoms with Gasteiger partial charge in [0.1, 0.15) is 0 Å². The van der Waals surface area contributed by atoms with Gasteiger partial charge in [-0.05, 0) is 42.4 Å². The summed E-state index contributed by atoms with van der Waals surface area (Å²) in [5, 5.41) is 0. The summed E-state index contributed by atoms with van der Waals surface area (Å²) in [6.07, 6.45) is 6.90. The van der Waals surface area contributed by atoms with E-state index < -0.39 is 0 Å². The molecule has 0 aliphatic carbocycles. The van der Waals surface area contributed by atoms with Gasteiger partial charge in [0.2, 0.25) is 0 Å². The summed E-state index contributed by atoms with van der Waals surface area (Å²) in [5.74, 6) is 0.876. The minimum atomic E-state index is 0.461. The fourth-order valence-corrected chi connectivity index (χ4v) is 2.70. The van der Waals surface area contributed by atoms with Gasteiger partial charge in [-0.3, -0.25) is 0 Å². The van der Waals surface area contributed by atoms with Crippen molar-refractivity contribution >= 4 is 0 Å². The van der Waals surface area contributed by atoms with Gasteiger partial charge in [0.15, 0.2) is 0 Å². The van der Waals surface area contributed by atoms with Crippen LogP contribution >= 0.6 is 0 Å². The summed E-state index contributed by atoms with van der Waals surface area (Å²) in [7, 11) is 6.89. The third-order valence-electron chi connectivity index (χ3n) is 4.09. The zero-order valence-corrected chi connectivity index (χ0v) is 15.3. The first kappa shape index (κ1) is 19.0. The lowest BCUT2D eigenvalue weighted by Crippen LogP contribution is -2.35. The first-order chi connectivity index (χ1) is 8.31. The maximum Gasteiger partial charge on any atom is 0.0780 e.